The first-order valence-corrected chi connectivity index (χ1v) is 10.7. The molecule has 0 aliphatic rings. The van der Waals surface area contributed by atoms with Crippen LogP contribution in [0.2, 0.25) is 0 Å². The van der Waals surface area contributed by atoms with Crippen LogP contribution in [0.5, 0.6) is 0 Å². The first kappa shape index (κ1) is 22.7. The van der Waals surface area contributed by atoms with Crippen molar-refractivity contribution in [3.8, 4) is 5.69 Å². The van der Waals surface area contributed by atoms with E-state index < -0.39 is 23.3 Å². The van der Waals surface area contributed by atoms with Gasteiger partial charge in [0.2, 0.25) is 0 Å². The van der Waals surface area contributed by atoms with Gasteiger partial charge in [0.05, 0.1) is 23.1 Å². The lowest BCUT2D eigenvalue weighted by Gasteiger charge is -2.12. The zero-order valence-electron chi connectivity index (χ0n) is 17.6. The fraction of sp³-hybridized carbons (Fsp3) is 0.174. The molecule has 0 spiro atoms. The summed E-state index contributed by atoms with van der Waals surface area (Å²) in [7, 11) is 0. The maximum Gasteiger partial charge on any atom is 0.434 e. The first-order valence-electron chi connectivity index (χ1n) is 9.86. The van der Waals surface area contributed by atoms with E-state index >= 15 is 0 Å². The molecule has 0 bridgehead atoms. The average molecular weight is 474 g/mol. The summed E-state index contributed by atoms with van der Waals surface area (Å²) >= 11 is 1.15. The topological polar surface area (TPSA) is 59.8 Å². The molecule has 0 saturated carbocycles. The van der Waals surface area contributed by atoms with E-state index in [2.05, 4.69) is 15.4 Å². The molecule has 2 aromatic carbocycles. The summed E-state index contributed by atoms with van der Waals surface area (Å²) in [5, 5.41) is 6.45. The van der Waals surface area contributed by atoms with Crippen molar-refractivity contribution in [2.24, 2.45) is 0 Å². The van der Waals surface area contributed by atoms with Crippen LogP contribution < -0.4 is 5.32 Å². The number of rotatable bonds is 5. The highest BCUT2D eigenvalue weighted by Gasteiger charge is 2.40. The molecule has 0 unspecified atom stereocenters. The normalized spacial score (nSPS) is 11.6. The van der Waals surface area contributed by atoms with Crippen LogP contribution in [0.15, 0.2) is 54.7 Å². The summed E-state index contributed by atoms with van der Waals surface area (Å²) in [6.45, 7) is 3.55. The average Bonchev–Trinajstić information content (AvgIpc) is 3.34. The third kappa shape index (κ3) is 4.95. The number of thiazole rings is 1. The lowest BCUT2D eigenvalue weighted by molar-refractivity contribution is -0.143. The standard InChI is InChI=1S/C23H18F4N4OS/c1-13-3-9-17(10-4-13)31-20(23(25,26)27)18(12-28-31)21(32)30-22-29-14(2)19(33-22)11-15-5-7-16(24)8-6-15/h3-10,12H,11H2,1-2H3,(H,29,30,32). The molecule has 10 heteroatoms. The minimum atomic E-state index is -4.80. The Morgan fingerprint density at radius 2 is 1.73 bits per heavy atom. The second kappa shape index (κ2) is 8.78. The molecule has 5 nitrogen and oxygen atoms in total. The van der Waals surface area contributed by atoms with Crippen molar-refractivity contribution >= 4 is 22.4 Å². The predicted octanol–water partition coefficient (Wildman–Crippen LogP) is 5.95. The van der Waals surface area contributed by atoms with Gasteiger partial charge in [0.1, 0.15) is 5.82 Å². The van der Waals surface area contributed by atoms with Gasteiger partial charge in [-0.1, -0.05) is 29.8 Å². The molecule has 1 N–H and O–H groups in total. The Morgan fingerprint density at radius 1 is 1.06 bits per heavy atom. The molecule has 0 aliphatic heterocycles. The number of nitrogens with one attached hydrogen (secondary N) is 1. The zero-order chi connectivity index (χ0) is 23.8. The van der Waals surface area contributed by atoms with E-state index in [1.807, 2.05) is 6.92 Å². The van der Waals surface area contributed by atoms with E-state index in [1.165, 1.54) is 24.3 Å². The van der Waals surface area contributed by atoms with Crippen LogP contribution >= 0.6 is 11.3 Å². The summed E-state index contributed by atoms with van der Waals surface area (Å²) in [4.78, 5) is 17.8. The van der Waals surface area contributed by atoms with Gasteiger partial charge in [-0.25, -0.2) is 14.1 Å². The number of aromatic nitrogens is 3. The third-order valence-corrected chi connectivity index (χ3v) is 6.02. The molecular formula is C23H18F4N4OS. The molecule has 0 radical (unpaired) electrons. The molecule has 0 atom stereocenters. The molecule has 4 aromatic rings. The smallest absolute Gasteiger partial charge is 0.298 e. The van der Waals surface area contributed by atoms with Crippen molar-refractivity contribution in [1.82, 2.24) is 14.8 Å². The highest BCUT2D eigenvalue weighted by Crippen LogP contribution is 2.34. The number of halogens is 4. The van der Waals surface area contributed by atoms with Crippen LogP contribution in [-0.4, -0.2) is 20.7 Å². The van der Waals surface area contributed by atoms with Gasteiger partial charge in [-0.15, -0.1) is 11.3 Å². The van der Waals surface area contributed by atoms with E-state index in [4.69, 9.17) is 0 Å². The van der Waals surface area contributed by atoms with Crippen molar-refractivity contribution in [1.29, 1.82) is 0 Å². The highest BCUT2D eigenvalue weighted by atomic mass is 32.1. The second-order valence-electron chi connectivity index (χ2n) is 7.44. The van der Waals surface area contributed by atoms with Crippen molar-refractivity contribution in [3.05, 3.63) is 93.5 Å². The third-order valence-electron chi connectivity index (χ3n) is 4.95. The maximum atomic E-state index is 13.9. The van der Waals surface area contributed by atoms with Crippen molar-refractivity contribution < 1.29 is 22.4 Å². The van der Waals surface area contributed by atoms with Crippen LogP contribution in [0.4, 0.5) is 22.7 Å². The summed E-state index contributed by atoms with van der Waals surface area (Å²) in [5.74, 6) is -1.30. The van der Waals surface area contributed by atoms with Crippen LogP contribution in [0.3, 0.4) is 0 Å². The molecule has 4 rings (SSSR count). The van der Waals surface area contributed by atoms with Gasteiger partial charge < -0.3 is 0 Å². The molecule has 170 valence electrons. The number of benzene rings is 2. The first-order chi connectivity index (χ1) is 15.6. The van der Waals surface area contributed by atoms with Crippen LogP contribution in [-0.2, 0) is 12.6 Å². The van der Waals surface area contributed by atoms with Gasteiger partial charge >= 0.3 is 6.18 Å². The Balaban J connectivity index is 1.60. The van der Waals surface area contributed by atoms with Gasteiger partial charge in [0.25, 0.3) is 5.91 Å². The van der Waals surface area contributed by atoms with Gasteiger partial charge in [-0.2, -0.15) is 18.3 Å². The molecule has 2 aromatic heterocycles. The molecule has 33 heavy (non-hydrogen) atoms. The Kier molecular flexibility index (Phi) is 6.03. The number of hydrogen-bond acceptors (Lipinski definition) is 4. The summed E-state index contributed by atoms with van der Waals surface area (Å²) < 4.78 is 55.4. The van der Waals surface area contributed by atoms with Gasteiger partial charge in [-0.3, -0.25) is 10.1 Å². The minimum Gasteiger partial charge on any atom is -0.298 e. The van der Waals surface area contributed by atoms with E-state index in [9.17, 15) is 22.4 Å². The quantitative estimate of drug-likeness (QED) is 0.364. The maximum absolute atomic E-state index is 13.9. The Labute approximate surface area is 190 Å². The molecule has 0 fully saturated rings. The molecular weight excluding hydrogens is 456 g/mol. The van der Waals surface area contributed by atoms with Gasteiger partial charge in [0.15, 0.2) is 10.8 Å². The van der Waals surface area contributed by atoms with Crippen molar-refractivity contribution in [2.45, 2.75) is 26.4 Å². The van der Waals surface area contributed by atoms with Crippen LogP contribution in [0.1, 0.15) is 37.7 Å². The number of alkyl halides is 3. The monoisotopic (exact) mass is 474 g/mol. The number of carbonyl (C=O) groups is 1. The predicted molar refractivity (Wildman–Crippen MR) is 117 cm³/mol. The number of nitrogens with zero attached hydrogens (tertiary/aromatic N) is 3. The second-order valence-corrected chi connectivity index (χ2v) is 8.52. The number of anilines is 1. The van der Waals surface area contributed by atoms with Crippen molar-refractivity contribution in [3.63, 3.8) is 0 Å². The van der Waals surface area contributed by atoms with E-state index in [1.54, 1.807) is 31.2 Å². The summed E-state index contributed by atoms with van der Waals surface area (Å²) in [6.07, 6.45) is -3.45. The SMILES string of the molecule is Cc1ccc(-n2ncc(C(=O)Nc3nc(C)c(Cc4ccc(F)cc4)s3)c2C(F)(F)F)cc1. The van der Waals surface area contributed by atoms with Crippen LogP contribution in [0, 0.1) is 19.7 Å². The van der Waals surface area contributed by atoms with Gasteiger partial charge in [0, 0.05) is 11.3 Å². The Morgan fingerprint density at radius 3 is 2.36 bits per heavy atom. The molecule has 1 amide bonds. The number of hydrogen-bond donors (Lipinski definition) is 1. The Hall–Kier alpha value is -3.53. The zero-order valence-corrected chi connectivity index (χ0v) is 18.4. The summed E-state index contributed by atoms with van der Waals surface area (Å²) in [6, 6.07) is 12.3. The number of aryl methyl sites for hydroxylation is 2. The molecule has 2 heterocycles. The lowest BCUT2D eigenvalue weighted by Crippen LogP contribution is -2.20. The largest absolute Gasteiger partial charge is 0.434 e. The molecule has 0 aliphatic carbocycles. The number of carbonyl (C=O) groups excluding carboxylic acids is 1. The fourth-order valence-electron chi connectivity index (χ4n) is 3.27. The highest BCUT2D eigenvalue weighted by molar-refractivity contribution is 7.15. The van der Waals surface area contributed by atoms with Crippen molar-refractivity contribution in [2.75, 3.05) is 5.32 Å². The molecule has 0 saturated heterocycles. The Bertz CT molecular complexity index is 1290. The van der Waals surface area contributed by atoms with E-state index in [-0.39, 0.29) is 16.6 Å². The lowest BCUT2D eigenvalue weighted by atomic mass is 10.1. The minimum absolute atomic E-state index is 0.172. The van der Waals surface area contributed by atoms with E-state index in [0.29, 0.717) is 16.8 Å². The van der Waals surface area contributed by atoms with E-state index in [0.717, 1.165) is 33.5 Å². The van der Waals surface area contributed by atoms with Crippen LogP contribution in [0.25, 0.3) is 5.69 Å². The van der Waals surface area contributed by atoms with Gasteiger partial charge in [-0.05, 0) is 43.7 Å². The summed E-state index contributed by atoms with van der Waals surface area (Å²) in [5.41, 5.74) is 0.789. The fourth-order valence-corrected chi connectivity index (χ4v) is 4.26. The number of amides is 1.